The molecule has 2 bridgehead atoms. The molecule has 4 aliphatic rings. The van der Waals surface area contributed by atoms with E-state index in [2.05, 4.69) is 13.8 Å². The van der Waals surface area contributed by atoms with Gasteiger partial charge in [0, 0.05) is 10.8 Å². The lowest BCUT2D eigenvalue weighted by Gasteiger charge is -2.42. The van der Waals surface area contributed by atoms with Gasteiger partial charge < -0.3 is 18.9 Å². The van der Waals surface area contributed by atoms with Crippen molar-refractivity contribution in [3.63, 3.8) is 0 Å². The lowest BCUT2D eigenvalue weighted by atomic mass is 9.79. The highest BCUT2D eigenvalue weighted by atomic mass is 16.5. The van der Waals surface area contributed by atoms with Crippen LogP contribution in [0.3, 0.4) is 0 Å². The molecule has 0 N–H and O–H groups in total. The standard InChI is InChI=1S/C21H36O4/c1-3-20(12-24-13-20)10-22-8-18-16-5-6-17(7-16)19(18)9-23-11-21(4-2)14-25-15-21/h16-19H,3-15H2,1-2H3. The maximum absolute atomic E-state index is 6.24. The Morgan fingerprint density at radius 1 is 0.760 bits per heavy atom. The maximum atomic E-state index is 6.24. The van der Waals surface area contributed by atoms with Crippen LogP contribution in [0.5, 0.6) is 0 Å². The third-order valence-corrected chi connectivity index (χ3v) is 7.84. The zero-order chi connectivity index (χ0) is 17.3. The fourth-order valence-electron chi connectivity index (χ4n) is 5.43. The molecule has 4 fully saturated rings. The molecule has 2 aliphatic carbocycles. The highest BCUT2D eigenvalue weighted by Gasteiger charge is 2.48. The molecule has 2 heterocycles. The summed E-state index contributed by atoms with van der Waals surface area (Å²) in [4.78, 5) is 0. The lowest BCUT2D eigenvalue weighted by molar-refractivity contribution is -0.161. The van der Waals surface area contributed by atoms with E-state index < -0.39 is 0 Å². The predicted octanol–water partition coefficient (Wildman–Crippen LogP) is 3.54. The van der Waals surface area contributed by atoms with E-state index in [1.165, 1.54) is 19.3 Å². The normalized spacial score (nSPS) is 37.7. The fraction of sp³-hybridized carbons (Fsp3) is 1.00. The number of fused-ring (bicyclic) bond motifs is 2. The van der Waals surface area contributed by atoms with Crippen molar-refractivity contribution in [2.24, 2.45) is 34.5 Å². The minimum absolute atomic E-state index is 0.307. The first-order valence-corrected chi connectivity index (χ1v) is 10.5. The van der Waals surface area contributed by atoms with Gasteiger partial charge in [0.25, 0.3) is 0 Å². The Hall–Kier alpha value is -0.160. The van der Waals surface area contributed by atoms with Crippen LogP contribution in [0.2, 0.25) is 0 Å². The van der Waals surface area contributed by atoms with Crippen molar-refractivity contribution in [2.45, 2.75) is 46.0 Å². The van der Waals surface area contributed by atoms with Gasteiger partial charge in [0.1, 0.15) is 0 Å². The number of rotatable bonds is 10. The summed E-state index contributed by atoms with van der Waals surface area (Å²) >= 11 is 0. The Morgan fingerprint density at radius 2 is 1.20 bits per heavy atom. The highest BCUT2D eigenvalue weighted by Crippen LogP contribution is 2.52. The fourth-order valence-corrected chi connectivity index (χ4v) is 5.43. The average molecular weight is 353 g/mol. The Bertz CT molecular complexity index is 392. The van der Waals surface area contributed by atoms with E-state index in [1.807, 2.05) is 0 Å². The van der Waals surface area contributed by atoms with Crippen LogP contribution in [0.1, 0.15) is 46.0 Å². The Morgan fingerprint density at radius 3 is 1.52 bits per heavy atom. The van der Waals surface area contributed by atoms with E-state index in [0.29, 0.717) is 22.7 Å². The summed E-state index contributed by atoms with van der Waals surface area (Å²) in [5.41, 5.74) is 0.614. The van der Waals surface area contributed by atoms with Crippen molar-refractivity contribution in [3.05, 3.63) is 0 Å². The second-order valence-electron chi connectivity index (χ2n) is 9.38. The second-order valence-corrected chi connectivity index (χ2v) is 9.38. The van der Waals surface area contributed by atoms with Crippen LogP contribution in [-0.2, 0) is 18.9 Å². The molecule has 4 atom stereocenters. The van der Waals surface area contributed by atoms with Crippen LogP contribution >= 0.6 is 0 Å². The molecule has 0 radical (unpaired) electrons. The smallest absolute Gasteiger partial charge is 0.0566 e. The Labute approximate surface area is 152 Å². The molecule has 0 aromatic heterocycles. The van der Waals surface area contributed by atoms with Gasteiger partial charge in [0.15, 0.2) is 0 Å². The van der Waals surface area contributed by atoms with Gasteiger partial charge in [-0.1, -0.05) is 13.8 Å². The van der Waals surface area contributed by atoms with Gasteiger partial charge in [0.2, 0.25) is 0 Å². The van der Waals surface area contributed by atoms with E-state index in [1.54, 1.807) is 0 Å². The van der Waals surface area contributed by atoms with Crippen LogP contribution in [-0.4, -0.2) is 52.9 Å². The number of hydrogen-bond acceptors (Lipinski definition) is 4. The van der Waals surface area contributed by atoms with Crippen molar-refractivity contribution in [1.29, 1.82) is 0 Å². The van der Waals surface area contributed by atoms with Crippen molar-refractivity contribution < 1.29 is 18.9 Å². The summed E-state index contributed by atoms with van der Waals surface area (Å²) in [5, 5.41) is 0. The van der Waals surface area contributed by atoms with Gasteiger partial charge in [-0.05, 0) is 55.8 Å². The molecule has 2 saturated heterocycles. The van der Waals surface area contributed by atoms with E-state index in [9.17, 15) is 0 Å². The first-order valence-electron chi connectivity index (χ1n) is 10.5. The van der Waals surface area contributed by atoms with Crippen LogP contribution < -0.4 is 0 Å². The van der Waals surface area contributed by atoms with Gasteiger partial charge in [-0.2, -0.15) is 0 Å². The average Bonchev–Trinajstić information content (AvgIpc) is 3.14. The Kier molecular flexibility index (Phi) is 5.43. The Balaban J connectivity index is 1.25. The topological polar surface area (TPSA) is 36.9 Å². The first kappa shape index (κ1) is 18.2. The molecule has 2 aliphatic heterocycles. The van der Waals surface area contributed by atoms with Gasteiger partial charge in [-0.15, -0.1) is 0 Å². The SMILES string of the molecule is CCC1(COCC2C3CCC(C3)C2COCC2(CC)COC2)COC1. The highest BCUT2D eigenvalue weighted by molar-refractivity contribution is 4.97. The predicted molar refractivity (Wildman–Crippen MR) is 96.5 cm³/mol. The minimum atomic E-state index is 0.307. The summed E-state index contributed by atoms with van der Waals surface area (Å²) in [6.45, 7) is 11.7. The zero-order valence-electron chi connectivity index (χ0n) is 16.1. The van der Waals surface area contributed by atoms with E-state index in [0.717, 1.165) is 77.5 Å². The van der Waals surface area contributed by atoms with Gasteiger partial charge >= 0.3 is 0 Å². The molecule has 4 heteroatoms. The molecule has 2 saturated carbocycles. The molecular formula is C21H36O4. The molecule has 0 aromatic rings. The maximum Gasteiger partial charge on any atom is 0.0566 e. The molecule has 4 nitrogen and oxygen atoms in total. The summed E-state index contributed by atoms with van der Waals surface area (Å²) in [5.74, 6) is 3.18. The quantitative estimate of drug-likeness (QED) is 0.603. The van der Waals surface area contributed by atoms with Crippen molar-refractivity contribution in [3.8, 4) is 0 Å². The summed E-state index contributed by atoms with van der Waals surface area (Å²) in [7, 11) is 0. The molecule has 25 heavy (non-hydrogen) atoms. The third-order valence-electron chi connectivity index (χ3n) is 7.84. The lowest BCUT2D eigenvalue weighted by Crippen LogP contribution is -2.47. The van der Waals surface area contributed by atoms with Crippen LogP contribution in [0, 0.1) is 34.5 Å². The largest absolute Gasteiger partial charge is 0.380 e. The second kappa shape index (κ2) is 7.46. The molecule has 4 unspecified atom stereocenters. The van der Waals surface area contributed by atoms with Gasteiger partial charge in [-0.3, -0.25) is 0 Å². The zero-order valence-corrected chi connectivity index (χ0v) is 16.1. The molecule has 0 spiro atoms. The van der Waals surface area contributed by atoms with Gasteiger partial charge in [-0.25, -0.2) is 0 Å². The molecular weight excluding hydrogens is 316 g/mol. The van der Waals surface area contributed by atoms with Crippen molar-refractivity contribution >= 4 is 0 Å². The summed E-state index contributed by atoms with van der Waals surface area (Å²) in [6, 6.07) is 0. The van der Waals surface area contributed by atoms with Crippen LogP contribution in [0.25, 0.3) is 0 Å². The third kappa shape index (κ3) is 3.52. The summed E-state index contributed by atoms with van der Waals surface area (Å²) in [6.07, 6.45) is 6.55. The monoisotopic (exact) mass is 352 g/mol. The molecule has 144 valence electrons. The molecule has 4 rings (SSSR count). The number of hydrogen-bond donors (Lipinski definition) is 0. The summed E-state index contributed by atoms with van der Waals surface area (Å²) < 4.78 is 23.3. The van der Waals surface area contributed by atoms with E-state index >= 15 is 0 Å². The van der Waals surface area contributed by atoms with Crippen molar-refractivity contribution in [1.82, 2.24) is 0 Å². The molecule has 0 amide bonds. The van der Waals surface area contributed by atoms with E-state index in [4.69, 9.17) is 18.9 Å². The first-order chi connectivity index (χ1) is 12.2. The van der Waals surface area contributed by atoms with Crippen molar-refractivity contribution in [2.75, 3.05) is 52.9 Å². The minimum Gasteiger partial charge on any atom is -0.380 e. The van der Waals surface area contributed by atoms with Crippen LogP contribution in [0.15, 0.2) is 0 Å². The van der Waals surface area contributed by atoms with E-state index in [-0.39, 0.29) is 0 Å². The van der Waals surface area contributed by atoms with Gasteiger partial charge in [0.05, 0.1) is 52.9 Å². The molecule has 0 aromatic carbocycles. The number of ether oxygens (including phenoxy) is 4. The van der Waals surface area contributed by atoms with Crippen LogP contribution in [0.4, 0.5) is 0 Å².